The second kappa shape index (κ2) is 8.72. The average Bonchev–Trinajstić information content (AvgIpc) is 2.67. The van der Waals surface area contributed by atoms with Crippen LogP contribution in [-0.2, 0) is 11.3 Å². The molecule has 0 aliphatic rings. The standard InChI is InChI=1S/C20H18FN5O2/c1-13(27)25-16-3-2-4-17(9-16)26-19-10-18(23-12-24-19)20(28)22-11-14-5-7-15(21)8-6-14/h2-10,12H,11H2,1H3,(H,22,28)(H,25,27)(H,23,24,26). The van der Waals surface area contributed by atoms with Crippen LogP contribution in [0.1, 0.15) is 23.0 Å². The summed E-state index contributed by atoms with van der Waals surface area (Å²) in [5, 5.41) is 8.50. The van der Waals surface area contributed by atoms with Crippen molar-refractivity contribution in [3.8, 4) is 0 Å². The second-order valence-corrected chi connectivity index (χ2v) is 5.98. The topological polar surface area (TPSA) is 96.0 Å². The molecule has 28 heavy (non-hydrogen) atoms. The molecule has 3 N–H and O–H groups in total. The maximum absolute atomic E-state index is 12.9. The van der Waals surface area contributed by atoms with Gasteiger partial charge in [0.1, 0.15) is 23.7 Å². The molecule has 3 aromatic rings. The molecule has 0 aliphatic carbocycles. The molecule has 0 aliphatic heterocycles. The Morgan fingerprint density at radius 1 is 1.00 bits per heavy atom. The van der Waals surface area contributed by atoms with Crippen molar-refractivity contribution in [1.82, 2.24) is 15.3 Å². The maximum atomic E-state index is 12.9. The number of carbonyl (C=O) groups excluding carboxylic acids is 2. The van der Waals surface area contributed by atoms with Gasteiger partial charge in [0.2, 0.25) is 5.91 Å². The molecule has 0 atom stereocenters. The van der Waals surface area contributed by atoms with E-state index in [2.05, 4.69) is 25.9 Å². The van der Waals surface area contributed by atoms with Gasteiger partial charge in [0.15, 0.2) is 0 Å². The number of halogens is 1. The van der Waals surface area contributed by atoms with E-state index in [1.165, 1.54) is 31.5 Å². The predicted molar refractivity (Wildman–Crippen MR) is 104 cm³/mol. The summed E-state index contributed by atoms with van der Waals surface area (Å²) < 4.78 is 12.9. The molecule has 0 spiro atoms. The molecule has 0 fully saturated rings. The normalized spacial score (nSPS) is 10.2. The number of amides is 2. The molecular formula is C20H18FN5O2. The summed E-state index contributed by atoms with van der Waals surface area (Å²) in [6.07, 6.45) is 1.28. The van der Waals surface area contributed by atoms with E-state index in [1.807, 2.05) is 6.07 Å². The van der Waals surface area contributed by atoms with Gasteiger partial charge in [0.25, 0.3) is 5.91 Å². The Hall–Kier alpha value is -3.81. The van der Waals surface area contributed by atoms with Crippen LogP contribution in [0.25, 0.3) is 0 Å². The van der Waals surface area contributed by atoms with Gasteiger partial charge in [-0.05, 0) is 35.9 Å². The van der Waals surface area contributed by atoms with Gasteiger partial charge < -0.3 is 16.0 Å². The lowest BCUT2D eigenvalue weighted by molar-refractivity contribution is -0.114. The third-order valence-corrected chi connectivity index (χ3v) is 3.72. The molecule has 0 unspecified atom stereocenters. The zero-order valence-electron chi connectivity index (χ0n) is 15.1. The van der Waals surface area contributed by atoms with E-state index in [0.29, 0.717) is 17.2 Å². The minimum Gasteiger partial charge on any atom is -0.347 e. The fraction of sp³-hybridized carbons (Fsp3) is 0.100. The Labute approximate surface area is 161 Å². The fourth-order valence-electron chi connectivity index (χ4n) is 2.45. The van der Waals surface area contributed by atoms with E-state index < -0.39 is 0 Å². The first-order chi connectivity index (χ1) is 13.5. The number of anilines is 3. The van der Waals surface area contributed by atoms with Crippen LogP contribution < -0.4 is 16.0 Å². The molecule has 2 amide bonds. The number of hydrogen-bond acceptors (Lipinski definition) is 5. The summed E-state index contributed by atoms with van der Waals surface area (Å²) in [5.74, 6) is -0.438. The number of benzene rings is 2. The largest absolute Gasteiger partial charge is 0.347 e. The SMILES string of the molecule is CC(=O)Nc1cccc(Nc2cc(C(=O)NCc3ccc(F)cc3)ncn2)c1. The third kappa shape index (κ3) is 5.34. The lowest BCUT2D eigenvalue weighted by Crippen LogP contribution is -2.24. The van der Waals surface area contributed by atoms with Gasteiger partial charge in [-0.2, -0.15) is 0 Å². The fourth-order valence-corrected chi connectivity index (χ4v) is 2.45. The third-order valence-electron chi connectivity index (χ3n) is 3.72. The van der Waals surface area contributed by atoms with Crippen molar-refractivity contribution in [2.24, 2.45) is 0 Å². The van der Waals surface area contributed by atoms with Crippen LogP contribution in [0.3, 0.4) is 0 Å². The minimum absolute atomic E-state index is 0.167. The number of aromatic nitrogens is 2. The molecule has 0 saturated heterocycles. The summed E-state index contributed by atoms with van der Waals surface area (Å²) in [5.41, 5.74) is 2.31. The number of carbonyl (C=O) groups is 2. The lowest BCUT2D eigenvalue weighted by atomic mass is 10.2. The predicted octanol–water partition coefficient (Wildman–Crippen LogP) is 3.25. The summed E-state index contributed by atoms with van der Waals surface area (Å²) in [4.78, 5) is 31.6. The quantitative estimate of drug-likeness (QED) is 0.611. The van der Waals surface area contributed by atoms with Crippen molar-refractivity contribution in [2.45, 2.75) is 13.5 Å². The molecule has 1 heterocycles. The molecule has 3 rings (SSSR count). The number of hydrogen-bond donors (Lipinski definition) is 3. The Morgan fingerprint density at radius 3 is 2.50 bits per heavy atom. The van der Waals surface area contributed by atoms with Crippen LogP contribution >= 0.6 is 0 Å². The molecule has 0 saturated carbocycles. The molecule has 8 heteroatoms. The zero-order valence-corrected chi connectivity index (χ0v) is 15.1. The van der Waals surface area contributed by atoms with Gasteiger partial charge in [0.05, 0.1) is 0 Å². The highest BCUT2D eigenvalue weighted by Gasteiger charge is 2.09. The Bertz CT molecular complexity index is 992. The first-order valence-corrected chi connectivity index (χ1v) is 8.49. The monoisotopic (exact) mass is 379 g/mol. The Balaban J connectivity index is 1.65. The van der Waals surface area contributed by atoms with Crippen molar-refractivity contribution in [1.29, 1.82) is 0 Å². The lowest BCUT2D eigenvalue weighted by Gasteiger charge is -2.09. The minimum atomic E-state index is -0.373. The molecule has 1 aromatic heterocycles. The van der Waals surface area contributed by atoms with Gasteiger partial charge in [0, 0.05) is 30.9 Å². The van der Waals surface area contributed by atoms with Crippen molar-refractivity contribution in [2.75, 3.05) is 10.6 Å². The highest BCUT2D eigenvalue weighted by Crippen LogP contribution is 2.19. The number of nitrogens with zero attached hydrogens (tertiary/aromatic N) is 2. The van der Waals surface area contributed by atoms with Crippen LogP contribution in [0.4, 0.5) is 21.6 Å². The van der Waals surface area contributed by atoms with Crippen molar-refractivity contribution in [3.63, 3.8) is 0 Å². The Morgan fingerprint density at radius 2 is 1.75 bits per heavy atom. The van der Waals surface area contributed by atoms with E-state index in [1.54, 1.807) is 30.3 Å². The molecule has 142 valence electrons. The van der Waals surface area contributed by atoms with Gasteiger partial charge >= 0.3 is 0 Å². The summed E-state index contributed by atoms with van der Waals surface area (Å²) in [6.45, 7) is 1.69. The molecule has 2 aromatic carbocycles. The summed E-state index contributed by atoms with van der Waals surface area (Å²) >= 11 is 0. The van der Waals surface area contributed by atoms with Crippen LogP contribution in [0.5, 0.6) is 0 Å². The number of rotatable bonds is 6. The van der Waals surface area contributed by atoms with Crippen LogP contribution in [-0.4, -0.2) is 21.8 Å². The van der Waals surface area contributed by atoms with Gasteiger partial charge in [-0.15, -0.1) is 0 Å². The maximum Gasteiger partial charge on any atom is 0.270 e. The van der Waals surface area contributed by atoms with Crippen molar-refractivity contribution < 1.29 is 14.0 Å². The molecule has 0 radical (unpaired) electrons. The second-order valence-electron chi connectivity index (χ2n) is 5.98. The first kappa shape index (κ1) is 19.0. The summed E-state index contributed by atoms with van der Waals surface area (Å²) in [7, 11) is 0. The average molecular weight is 379 g/mol. The molecule has 0 bridgehead atoms. The van der Waals surface area contributed by atoms with E-state index >= 15 is 0 Å². The van der Waals surface area contributed by atoms with Gasteiger partial charge in [-0.1, -0.05) is 18.2 Å². The van der Waals surface area contributed by atoms with Crippen LogP contribution in [0.15, 0.2) is 60.9 Å². The van der Waals surface area contributed by atoms with Crippen LogP contribution in [0.2, 0.25) is 0 Å². The van der Waals surface area contributed by atoms with Crippen molar-refractivity contribution in [3.05, 3.63) is 78.0 Å². The van der Waals surface area contributed by atoms with E-state index in [4.69, 9.17) is 0 Å². The first-order valence-electron chi connectivity index (χ1n) is 8.49. The molecule has 7 nitrogen and oxygen atoms in total. The smallest absolute Gasteiger partial charge is 0.270 e. The van der Waals surface area contributed by atoms with E-state index in [0.717, 1.165) is 5.56 Å². The van der Waals surface area contributed by atoms with Gasteiger partial charge in [-0.3, -0.25) is 9.59 Å². The molecular weight excluding hydrogens is 361 g/mol. The number of nitrogens with one attached hydrogen (secondary N) is 3. The van der Waals surface area contributed by atoms with E-state index in [-0.39, 0.29) is 29.9 Å². The van der Waals surface area contributed by atoms with Crippen molar-refractivity contribution >= 4 is 29.0 Å². The highest BCUT2D eigenvalue weighted by molar-refractivity contribution is 5.93. The van der Waals surface area contributed by atoms with Gasteiger partial charge in [-0.25, -0.2) is 14.4 Å². The zero-order chi connectivity index (χ0) is 19.9. The van der Waals surface area contributed by atoms with E-state index in [9.17, 15) is 14.0 Å². The van der Waals surface area contributed by atoms with Crippen LogP contribution in [0, 0.1) is 5.82 Å². The highest BCUT2D eigenvalue weighted by atomic mass is 19.1. The Kier molecular flexibility index (Phi) is 5.91. The summed E-state index contributed by atoms with van der Waals surface area (Å²) in [6, 6.07) is 14.5.